The maximum Gasteiger partial charge on any atom is 0.257 e. The van der Waals surface area contributed by atoms with Crippen LogP contribution in [0.25, 0.3) is 0 Å². The predicted molar refractivity (Wildman–Crippen MR) is 95.9 cm³/mol. The summed E-state index contributed by atoms with van der Waals surface area (Å²) in [6.07, 6.45) is 5.11. The fraction of sp³-hybridized carbons (Fsp3) is 0.400. The van der Waals surface area contributed by atoms with Crippen LogP contribution in [0, 0.1) is 0 Å². The minimum Gasteiger partial charge on any atom is -0.322 e. The number of carbonyl (C=O) groups is 1. The number of rotatable bonds is 5. The zero-order chi connectivity index (χ0) is 16.9. The van der Waals surface area contributed by atoms with E-state index in [1.807, 2.05) is 24.3 Å². The Kier molecular flexibility index (Phi) is 5.54. The van der Waals surface area contributed by atoms with Gasteiger partial charge in [-0.2, -0.15) is 0 Å². The second kappa shape index (κ2) is 7.40. The van der Waals surface area contributed by atoms with Gasteiger partial charge < -0.3 is 5.32 Å². The Labute approximate surface area is 139 Å². The number of nitrogens with zero attached hydrogens (tertiary/aromatic N) is 1. The topological polar surface area (TPSA) is 42.0 Å². The summed E-state index contributed by atoms with van der Waals surface area (Å²) >= 11 is 0. The lowest BCUT2D eigenvalue weighted by Gasteiger charge is -2.17. The second-order valence-electron chi connectivity index (χ2n) is 6.94. The highest BCUT2D eigenvalue weighted by atomic mass is 16.1. The van der Waals surface area contributed by atoms with Gasteiger partial charge in [0.1, 0.15) is 0 Å². The number of amides is 1. The molecule has 1 N–H and O–H groups in total. The zero-order valence-corrected chi connectivity index (χ0v) is 14.5. The molecular weight excluding hydrogens is 284 g/mol. The summed E-state index contributed by atoms with van der Waals surface area (Å²) in [6, 6.07) is 11.8. The van der Waals surface area contributed by atoms with E-state index in [4.69, 9.17) is 0 Å². The minimum absolute atomic E-state index is 0.0106. The van der Waals surface area contributed by atoms with Gasteiger partial charge in [0.25, 0.3) is 5.91 Å². The van der Waals surface area contributed by atoms with E-state index in [1.165, 1.54) is 18.4 Å². The lowest BCUT2D eigenvalue weighted by atomic mass is 9.91. The lowest BCUT2D eigenvalue weighted by Crippen LogP contribution is -2.16. The summed E-state index contributed by atoms with van der Waals surface area (Å²) in [5, 5.41) is 2.92. The zero-order valence-electron chi connectivity index (χ0n) is 14.5. The Morgan fingerprint density at radius 1 is 1.09 bits per heavy atom. The molecule has 2 rings (SSSR count). The number of nitrogens with one attached hydrogen (secondary N) is 1. The molecule has 122 valence electrons. The van der Waals surface area contributed by atoms with Crippen molar-refractivity contribution >= 4 is 11.6 Å². The first-order valence-electron chi connectivity index (χ1n) is 8.27. The summed E-state index contributed by atoms with van der Waals surface area (Å²) < 4.78 is 0. The van der Waals surface area contributed by atoms with E-state index in [0.29, 0.717) is 5.56 Å². The van der Waals surface area contributed by atoms with Gasteiger partial charge in [-0.05, 0) is 42.7 Å². The van der Waals surface area contributed by atoms with E-state index in [1.54, 1.807) is 6.20 Å². The second-order valence-corrected chi connectivity index (χ2v) is 6.94. The Balaban J connectivity index is 2.01. The summed E-state index contributed by atoms with van der Waals surface area (Å²) in [4.78, 5) is 16.7. The third-order valence-electron chi connectivity index (χ3n) is 3.82. The molecule has 0 atom stereocenters. The molecule has 0 saturated heterocycles. The standard InChI is InChI=1S/C20H26N2O/c1-5-6-7-15-8-11-17(12-9-15)22-19(23)16-10-13-18(21-14-16)20(2,3)4/h8-14H,5-7H2,1-4H3,(H,22,23). The molecule has 2 aromatic rings. The molecule has 0 aliphatic carbocycles. The first-order chi connectivity index (χ1) is 10.9. The highest BCUT2D eigenvalue weighted by Crippen LogP contribution is 2.20. The minimum atomic E-state index is -0.126. The van der Waals surface area contributed by atoms with E-state index in [0.717, 1.165) is 17.8 Å². The van der Waals surface area contributed by atoms with E-state index >= 15 is 0 Å². The van der Waals surface area contributed by atoms with Crippen LogP contribution in [-0.2, 0) is 11.8 Å². The maximum atomic E-state index is 12.3. The molecule has 0 spiro atoms. The van der Waals surface area contributed by atoms with Crippen molar-refractivity contribution in [1.29, 1.82) is 0 Å². The van der Waals surface area contributed by atoms with Crippen LogP contribution in [-0.4, -0.2) is 10.9 Å². The van der Waals surface area contributed by atoms with Crippen LogP contribution in [0.5, 0.6) is 0 Å². The number of unbranched alkanes of at least 4 members (excludes halogenated alkanes) is 1. The van der Waals surface area contributed by atoms with Crippen molar-refractivity contribution < 1.29 is 4.79 Å². The Bertz CT molecular complexity index is 637. The Hall–Kier alpha value is -2.16. The van der Waals surface area contributed by atoms with Gasteiger partial charge in [-0.1, -0.05) is 46.2 Å². The number of hydrogen-bond acceptors (Lipinski definition) is 2. The summed E-state index contributed by atoms with van der Waals surface area (Å²) in [6.45, 7) is 8.51. The number of pyridine rings is 1. The van der Waals surface area contributed by atoms with Crippen molar-refractivity contribution in [2.75, 3.05) is 5.32 Å². The number of anilines is 1. The smallest absolute Gasteiger partial charge is 0.257 e. The maximum absolute atomic E-state index is 12.3. The monoisotopic (exact) mass is 310 g/mol. The molecule has 3 nitrogen and oxygen atoms in total. The van der Waals surface area contributed by atoms with E-state index in [9.17, 15) is 4.79 Å². The van der Waals surface area contributed by atoms with Crippen molar-refractivity contribution in [2.24, 2.45) is 0 Å². The number of hydrogen-bond donors (Lipinski definition) is 1. The number of carbonyl (C=O) groups excluding carboxylic acids is 1. The Morgan fingerprint density at radius 2 is 1.78 bits per heavy atom. The van der Waals surface area contributed by atoms with Gasteiger partial charge in [0.05, 0.1) is 5.56 Å². The van der Waals surface area contributed by atoms with Crippen LogP contribution >= 0.6 is 0 Å². The van der Waals surface area contributed by atoms with Crippen LogP contribution in [0.2, 0.25) is 0 Å². The average Bonchev–Trinajstić information content (AvgIpc) is 2.53. The van der Waals surface area contributed by atoms with E-state index in [2.05, 4.69) is 50.1 Å². The molecule has 1 amide bonds. The van der Waals surface area contributed by atoms with E-state index < -0.39 is 0 Å². The molecule has 1 heterocycles. The summed E-state index contributed by atoms with van der Waals surface area (Å²) in [5.41, 5.74) is 3.67. The van der Waals surface area contributed by atoms with E-state index in [-0.39, 0.29) is 11.3 Å². The van der Waals surface area contributed by atoms with Gasteiger partial charge >= 0.3 is 0 Å². The third kappa shape index (κ3) is 4.92. The normalized spacial score (nSPS) is 11.3. The van der Waals surface area contributed by atoms with Gasteiger partial charge in [0, 0.05) is 23.0 Å². The number of aryl methyl sites for hydroxylation is 1. The molecule has 0 bridgehead atoms. The lowest BCUT2D eigenvalue weighted by molar-refractivity contribution is 0.102. The molecule has 0 fully saturated rings. The molecule has 23 heavy (non-hydrogen) atoms. The van der Waals surface area contributed by atoms with Gasteiger partial charge in [-0.3, -0.25) is 9.78 Å². The molecule has 0 unspecified atom stereocenters. The first kappa shape index (κ1) is 17.2. The predicted octanol–water partition coefficient (Wildman–Crippen LogP) is 4.97. The van der Waals surface area contributed by atoms with Gasteiger partial charge in [-0.25, -0.2) is 0 Å². The molecule has 0 saturated carbocycles. The Morgan fingerprint density at radius 3 is 2.30 bits per heavy atom. The molecule has 3 heteroatoms. The van der Waals surface area contributed by atoms with Crippen molar-refractivity contribution in [3.63, 3.8) is 0 Å². The van der Waals surface area contributed by atoms with Crippen LogP contribution in [0.1, 0.15) is 62.2 Å². The van der Waals surface area contributed by atoms with Gasteiger partial charge in [0.15, 0.2) is 0 Å². The molecule has 0 aliphatic rings. The highest BCUT2D eigenvalue weighted by Gasteiger charge is 2.16. The first-order valence-corrected chi connectivity index (χ1v) is 8.27. The number of benzene rings is 1. The number of aromatic nitrogens is 1. The molecular formula is C20H26N2O. The van der Waals surface area contributed by atoms with Crippen molar-refractivity contribution in [2.45, 2.75) is 52.4 Å². The molecule has 1 aromatic carbocycles. The fourth-order valence-electron chi connectivity index (χ4n) is 2.31. The molecule has 0 aliphatic heterocycles. The van der Waals surface area contributed by atoms with Crippen LogP contribution in [0.4, 0.5) is 5.69 Å². The third-order valence-corrected chi connectivity index (χ3v) is 3.82. The molecule has 0 radical (unpaired) electrons. The van der Waals surface area contributed by atoms with Crippen molar-refractivity contribution in [3.05, 3.63) is 59.4 Å². The highest BCUT2D eigenvalue weighted by molar-refractivity contribution is 6.04. The van der Waals surface area contributed by atoms with Gasteiger partial charge in [0.2, 0.25) is 0 Å². The van der Waals surface area contributed by atoms with Gasteiger partial charge in [-0.15, -0.1) is 0 Å². The van der Waals surface area contributed by atoms with Crippen LogP contribution < -0.4 is 5.32 Å². The summed E-state index contributed by atoms with van der Waals surface area (Å²) in [5.74, 6) is -0.126. The quantitative estimate of drug-likeness (QED) is 0.846. The summed E-state index contributed by atoms with van der Waals surface area (Å²) in [7, 11) is 0. The van der Waals surface area contributed by atoms with Crippen LogP contribution in [0.3, 0.4) is 0 Å². The van der Waals surface area contributed by atoms with Crippen molar-refractivity contribution in [1.82, 2.24) is 4.98 Å². The average molecular weight is 310 g/mol. The largest absolute Gasteiger partial charge is 0.322 e. The SMILES string of the molecule is CCCCc1ccc(NC(=O)c2ccc(C(C)(C)C)nc2)cc1. The van der Waals surface area contributed by atoms with Crippen molar-refractivity contribution in [3.8, 4) is 0 Å². The molecule has 1 aromatic heterocycles. The van der Waals surface area contributed by atoms with Crippen LogP contribution in [0.15, 0.2) is 42.6 Å². The fourth-order valence-corrected chi connectivity index (χ4v) is 2.31.